The third-order valence-corrected chi connectivity index (χ3v) is 2.82. The van der Waals surface area contributed by atoms with Gasteiger partial charge in [0, 0.05) is 6.20 Å². The van der Waals surface area contributed by atoms with Crippen molar-refractivity contribution in [3.05, 3.63) is 45.8 Å². The van der Waals surface area contributed by atoms with Gasteiger partial charge in [0.2, 0.25) is 0 Å². The van der Waals surface area contributed by atoms with E-state index in [4.69, 9.17) is 28.9 Å². The molecule has 0 aliphatic rings. The van der Waals surface area contributed by atoms with Gasteiger partial charge < -0.3 is 5.73 Å². The van der Waals surface area contributed by atoms with Crippen LogP contribution in [-0.2, 0) is 6.54 Å². The van der Waals surface area contributed by atoms with Crippen LogP contribution in [0.25, 0.3) is 0 Å². The molecule has 0 saturated carbocycles. The zero-order valence-electron chi connectivity index (χ0n) is 8.12. The molecule has 0 aliphatic carbocycles. The van der Waals surface area contributed by atoms with Gasteiger partial charge in [0.1, 0.15) is 10.8 Å². The second kappa shape index (κ2) is 4.31. The first-order valence-corrected chi connectivity index (χ1v) is 5.25. The Kier molecular flexibility index (Phi) is 3.03. The Bertz CT molecular complexity index is 505. The van der Waals surface area contributed by atoms with Crippen LogP contribution in [0.15, 0.2) is 24.4 Å². The molecule has 1 heterocycles. The van der Waals surface area contributed by atoms with E-state index < -0.39 is 5.82 Å². The molecule has 1 aromatic heterocycles. The maximum absolute atomic E-state index is 13.2. The molecule has 0 fully saturated rings. The van der Waals surface area contributed by atoms with Crippen molar-refractivity contribution in [2.75, 3.05) is 5.73 Å². The number of nitrogen functional groups attached to an aromatic ring is 1. The van der Waals surface area contributed by atoms with Crippen molar-refractivity contribution in [3.8, 4) is 0 Å². The number of nitrogens with two attached hydrogens (primary N) is 1. The molecule has 0 aliphatic heterocycles. The predicted molar refractivity (Wildman–Crippen MR) is 62.2 cm³/mol. The minimum absolute atomic E-state index is 0.0905. The highest BCUT2D eigenvalue weighted by Crippen LogP contribution is 2.22. The topological polar surface area (TPSA) is 43.8 Å². The van der Waals surface area contributed by atoms with Gasteiger partial charge in [0.05, 0.1) is 11.6 Å². The maximum Gasteiger partial charge on any atom is 0.164 e. The van der Waals surface area contributed by atoms with E-state index in [-0.39, 0.29) is 10.8 Å². The van der Waals surface area contributed by atoms with Gasteiger partial charge in [-0.15, -0.1) is 0 Å². The Labute approximate surface area is 102 Å². The van der Waals surface area contributed by atoms with Crippen LogP contribution in [0.3, 0.4) is 0 Å². The van der Waals surface area contributed by atoms with Crippen molar-refractivity contribution in [1.82, 2.24) is 9.78 Å². The molecule has 16 heavy (non-hydrogen) atoms. The quantitative estimate of drug-likeness (QED) is 0.902. The van der Waals surface area contributed by atoms with Crippen molar-refractivity contribution < 1.29 is 4.39 Å². The molecule has 0 bridgehead atoms. The summed E-state index contributed by atoms with van der Waals surface area (Å²) in [5.74, 6) is -0.209. The van der Waals surface area contributed by atoms with Gasteiger partial charge in [0.15, 0.2) is 5.82 Å². The molecule has 0 amide bonds. The first kappa shape index (κ1) is 11.2. The first-order valence-electron chi connectivity index (χ1n) is 4.49. The summed E-state index contributed by atoms with van der Waals surface area (Å²) < 4.78 is 14.7. The molecule has 3 nitrogen and oxygen atoms in total. The van der Waals surface area contributed by atoms with Gasteiger partial charge in [-0.25, -0.2) is 4.39 Å². The number of anilines is 1. The summed E-state index contributed by atoms with van der Waals surface area (Å²) in [6, 6.07) is 4.61. The van der Waals surface area contributed by atoms with Crippen LogP contribution >= 0.6 is 23.2 Å². The van der Waals surface area contributed by atoms with Crippen LogP contribution in [0.4, 0.5) is 10.2 Å². The summed E-state index contributed by atoms with van der Waals surface area (Å²) in [6.07, 6.45) is 1.57. The Balaban J connectivity index is 2.30. The van der Waals surface area contributed by atoms with Crippen LogP contribution in [0.2, 0.25) is 10.0 Å². The van der Waals surface area contributed by atoms with Gasteiger partial charge in [-0.05, 0) is 11.6 Å². The maximum atomic E-state index is 13.2. The van der Waals surface area contributed by atoms with Gasteiger partial charge in [-0.3, -0.25) is 4.68 Å². The minimum Gasteiger partial charge on any atom is -0.381 e. The van der Waals surface area contributed by atoms with Crippen molar-refractivity contribution in [2.24, 2.45) is 0 Å². The number of hydrogen-bond acceptors (Lipinski definition) is 2. The second-order valence-electron chi connectivity index (χ2n) is 3.27. The predicted octanol–water partition coefficient (Wildman–Crippen LogP) is 2.96. The van der Waals surface area contributed by atoms with Crippen LogP contribution < -0.4 is 5.73 Å². The third-order valence-electron chi connectivity index (χ3n) is 2.11. The normalized spacial score (nSPS) is 10.7. The monoisotopic (exact) mass is 259 g/mol. The van der Waals surface area contributed by atoms with Gasteiger partial charge >= 0.3 is 0 Å². The highest BCUT2D eigenvalue weighted by atomic mass is 35.5. The van der Waals surface area contributed by atoms with E-state index >= 15 is 0 Å². The SMILES string of the molecule is Nc1nn(Cc2cccc(F)c2Cl)cc1Cl. The zero-order chi connectivity index (χ0) is 11.7. The molecule has 0 spiro atoms. The first-order chi connectivity index (χ1) is 7.58. The molecular formula is C10H8Cl2FN3. The summed E-state index contributed by atoms with van der Waals surface area (Å²) in [4.78, 5) is 0. The van der Waals surface area contributed by atoms with Crippen LogP contribution in [0, 0.1) is 5.82 Å². The second-order valence-corrected chi connectivity index (χ2v) is 4.06. The molecule has 84 valence electrons. The summed E-state index contributed by atoms with van der Waals surface area (Å²) in [7, 11) is 0. The number of aromatic nitrogens is 2. The van der Waals surface area contributed by atoms with Gasteiger partial charge in [0.25, 0.3) is 0 Å². The van der Waals surface area contributed by atoms with E-state index in [9.17, 15) is 4.39 Å². The van der Waals surface area contributed by atoms with Crippen molar-refractivity contribution >= 4 is 29.0 Å². The Morgan fingerprint density at radius 3 is 2.75 bits per heavy atom. The lowest BCUT2D eigenvalue weighted by atomic mass is 10.2. The number of benzene rings is 1. The van der Waals surface area contributed by atoms with Gasteiger partial charge in [-0.1, -0.05) is 35.3 Å². The molecule has 2 aromatic rings. The lowest BCUT2D eigenvalue weighted by molar-refractivity contribution is 0.620. The van der Waals surface area contributed by atoms with Crippen LogP contribution in [-0.4, -0.2) is 9.78 Å². The summed E-state index contributed by atoms with van der Waals surface area (Å²) >= 11 is 11.6. The van der Waals surface area contributed by atoms with E-state index in [2.05, 4.69) is 5.10 Å². The van der Waals surface area contributed by atoms with Crippen molar-refractivity contribution in [3.63, 3.8) is 0 Å². The average Bonchev–Trinajstić information content (AvgIpc) is 2.54. The number of nitrogens with zero attached hydrogens (tertiary/aromatic N) is 2. The summed E-state index contributed by atoms with van der Waals surface area (Å²) in [5, 5.41) is 4.42. The molecule has 0 atom stereocenters. The molecule has 1 aromatic carbocycles. The molecule has 2 rings (SSSR count). The molecule has 0 saturated heterocycles. The lowest BCUT2D eigenvalue weighted by Gasteiger charge is -2.04. The molecule has 0 radical (unpaired) electrons. The highest BCUT2D eigenvalue weighted by Gasteiger charge is 2.08. The van der Waals surface area contributed by atoms with Crippen LogP contribution in [0.5, 0.6) is 0 Å². The lowest BCUT2D eigenvalue weighted by Crippen LogP contribution is -2.02. The van der Waals surface area contributed by atoms with E-state index in [1.54, 1.807) is 18.3 Å². The van der Waals surface area contributed by atoms with E-state index in [0.717, 1.165) is 0 Å². The average molecular weight is 260 g/mol. The minimum atomic E-state index is -0.453. The molecule has 0 unspecified atom stereocenters. The summed E-state index contributed by atoms with van der Waals surface area (Å²) in [6.45, 7) is 0.327. The molecule has 6 heteroatoms. The zero-order valence-corrected chi connectivity index (χ0v) is 9.63. The number of hydrogen-bond donors (Lipinski definition) is 1. The Morgan fingerprint density at radius 2 is 2.12 bits per heavy atom. The Morgan fingerprint density at radius 1 is 1.38 bits per heavy atom. The highest BCUT2D eigenvalue weighted by molar-refractivity contribution is 6.32. The number of halogens is 3. The fraction of sp³-hybridized carbons (Fsp3) is 0.100. The fourth-order valence-electron chi connectivity index (χ4n) is 1.34. The standard InChI is InChI=1S/C10H8Cl2FN3/c11-7-5-16(15-10(7)14)4-6-2-1-3-8(13)9(6)12/h1-3,5H,4H2,(H2,14,15). The van der Waals surface area contributed by atoms with E-state index in [1.165, 1.54) is 10.7 Å². The number of rotatable bonds is 2. The Hall–Kier alpha value is -1.26. The van der Waals surface area contributed by atoms with Gasteiger partial charge in [-0.2, -0.15) is 5.10 Å². The van der Waals surface area contributed by atoms with E-state index in [1.807, 2.05) is 0 Å². The fourth-order valence-corrected chi connectivity index (χ4v) is 1.67. The smallest absolute Gasteiger partial charge is 0.164 e. The largest absolute Gasteiger partial charge is 0.381 e. The van der Waals surface area contributed by atoms with E-state index in [0.29, 0.717) is 17.1 Å². The third kappa shape index (κ3) is 2.13. The van der Waals surface area contributed by atoms with Crippen molar-refractivity contribution in [2.45, 2.75) is 6.54 Å². The van der Waals surface area contributed by atoms with Crippen LogP contribution in [0.1, 0.15) is 5.56 Å². The summed E-state index contributed by atoms with van der Waals surface area (Å²) in [5.41, 5.74) is 6.12. The molecule has 2 N–H and O–H groups in total. The molecular weight excluding hydrogens is 252 g/mol. The van der Waals surface area contributed by atoms with Crippen molar-refractivity contribution in [1.29, 1.82) is 0 Å².